The molecule has 2 N–H and O–H groups in total. The van der Waals surface area contributed by atoms with Gasteiger partial charge in [0.05, 0.1) is 0 Å². The van der Waals surface area contributed by atoms with Gasteiger partial charge in [-0.3, -0.25) is 4.79 Å². The third-order valence-corrected chi connectivity index (χ3v) is 5.70. The van der Waals surface area contributed by atoms with Crippen LogP contribution in [0.2, 0.25) is 0 Å². The van der Waals surface area contributed by atoms with E-state index in [2.05, 4.69) is 31.4 Å². The number of piperidine rings is 1. The number of urea groups is 1. The van der Waals surface area contributed by atoms with E-state index in [4.69, 9.17) is 0 Å². The lowest BCUT2D eigenvalue weighted by molar-refractivity contribution is -0.137. The van der Waals surface area contributed by atoms with Gasteiger partial charge in [0.2, 0.25) is 5.91 Å². The fourth-order valence-corrected chi connectivity index (χ4v) is 4.28. The van der Waals surface area contributed by atoms with E-state index in [1.165, 1.54) is 0 Å². The van der Waals surface area contributed by atoms with Gasteiger partial charge in [-0.2, -0.15) is 0 Å². The first kappa shape index (κ1) is 19.1. The molecule has 0 radical (unpaired) electrons. The highest BCUT2D eigenvalue weighted by atomic mass is 16.2. The number of rotatable bonds is 2. The minimum atomic E-state index is -0.525. The van der Waals surface area contributed by atoms with Gasteiger partial charge in [-0.15, -0.1) is 0 Å². The molecule has 4 atom stereocenters. The molecule has 0 aromatic carbocycles. The summed E-state index contributed by atoms with van der Waals surface area (Å²) in [5, 5.41) is 5.81. The van der Waals surface area contributed by atoms with Crippen molar-refractivity contribution in [2.24, 2.45) is 22.7 Å². The SMILES string of the molecule is C[C@@H]1[C@@H]2C(CN1C(=O)[C@@H](NC(=O)NC(C)(C)C)C(C)(C)C)C2(C)C. The molecule has 2 fully saturated rings. The quantitative estimate of drug-likeness (QED) is 0.814. The van der Waals surface area contributed by atoms with E-state index in [0.717, 1.165) is 6.54 Å². The van der Waals surface area contributed by atoms with Gasteiger partial charge >= 0.3 is 6.03 Å². The molecule has 1 saturated heterocycles. The Morgan fingerprint density at radius 1 is 1.12 bits per heavy atom. The maximum atomic E-state index is 13.2. The normalized spacial score (nSPS) is 29.7. The molecule has 5 nitrogen and oxygen atoms in total. The lowest BCUT2D eigenvalue weighted by Crippen LogP contribution is -2.59. The molecular weight excluding hydrogens is 302 g/mol. The monoisotopic (exact) mass is 337 g/mol. The molecule has 0 aromatic heterocycles. The second-order valence-corrected chi connectivity index (χ2v) is 10.3. The molecule has 0 aromatic rings. The number of fused-ring (bicyclic) bond motifs is 1. The highest BCUT2D eigenvalue weighted by molar-refractivity contribution is 5.88. The third-order valence-electron chi connectivity index (χ3n) is 5.70. The van der Waals surface area contributed by atoms with Gasteiger partial charge in [0, 0.05) is 18.1 Å². The van der Waals surface area contributed by atoms with Crippen LogP contribution < -0.4 is 10.6 Å². The molecule has 0 spiro atoms. The van der Waals surface area contributed by atoms with E-state index in [9.17, 15) is 9.59 Å². The molecule has 1 aliphatic heterocycles. The molecule has 24 heavy (non-hydrogen) atoms. The lowest BCUT2D eigenvalue weighted by Gasteiger charge is -2.37. The number of nitrogens with one attached hydrogen (secondary N) is 2. The standard InChI is InChI=1S/C19H35N3O2/c1-11-13-12(19(13,8)9)10-22(11)15(23)14(17(2,3)4)20-16(24)21-18(5,6)7/h11-14H,10H2,1-9H3,(H2,20,21,24)/t11-,12?,13-,14-/m1/s1. The average molecular weight is 338 g/mol. The summed E-state index contributed by atoms with van der Waals surface area (Å²) in [7, 11) is 0. The van der Waals surface area contributed by atoms with Crippen LogP contribution in [0.1, 0.15) is 62.3 Å². The lowest BCUT2D eigenvalue weighted by atomic mass is 9.85. The summed E-state index contributed by atoms with van der Waals surface area (Å²) in [5.74, 6) is 1.23. The number of amides is 3. The van der Waals surface area contributed by atoms with Gasteiger partial charge in [0.1, 0.15) is 6.04 Å². The van der Waals surface area contributed by atoms with E-state index in [1.807, 2.05) is 46.4 Å². The molecule has 3 amide bonds. The molecule has 0 bridgehead atoms. The van der Waals surface area contributed by atoms with Gasteiger partial charge in [0.25, 0.3) is 0 Å². The Bertz CT molecular complexity index is 528. The minimum Gasteiger partial charge on any atom is -0.338 e. The van der Waals surface area contributed by atoms with Crippen LogP contribution in [0.15, 0.2) is 0 Å². The smallest absolute Gasteiger partial charge is 0.315 e. The highest BCUT2D eigenvalue weighted by Crippen LogP contribution is 2.64. The van der Waals surface area contributed by atoms with Gasteiger partial charge < -0.3 is 15.5 Å². The van der Waals surface area contributed by atoms with Crippen LogP contribution >= 0.6 is 0 Å². The fraction of sp³-hybridized carbons (Fsp3) is 0.895. The summed E-state index contributed by atoms with van der Waals surface area (Å²) in [6.07, 6.45) is 0. The molecule has 2 aliphatic rings. The van der Waals surface area contributed by atoms with Crippen molar-refractivity contribution < 1.29 is 9.59 Å². The van der Waals surface area contributed by atoms with Gasteiger partial charge in [-0.25, -0.2) is 4.79 Å². The second-order valence-electron chi connectivity index (χ2n) is 10.3. The summed E-state index contributed by atoms with van der Waals surface area (Å²) in [4.78, 5) is 27.4. The first-order valence-electron chi connectivity index (χ1n) is 9.05. The molecule has 1 unspecified atom stereocenters. The maximum absolute atomic E-state index is 13.2. The first-order chi connectivity index (χ1) is 10.7. The van der Waals surface area contributed by atoms with Crippen LogP contribution in [0.25, 0.3) is 0 Å². The van der Waals surface area contributed by atoms with Crippen molar-refractivity contribution in [2.45, 2.75) is 79.9 Å². The molecular formula is C19H35N3O2. The number of carbonyl (C=O) groups excluding carboxylic acids is 2. The van der Waals surface area contributed by atoms with Crippen molar-refractivity contribution in [1.82, 2.24) is 15.5 Å². The van der Waals surface area contributed by atoms with Crippen molar-refractivity contribution in [2.75, 3.05) is 6.54 Å². The highest BCUT2D eigenvalue weighted by Gasteiger charge is 2.66. The van der Waals surface area contributed by atoms with Gasteiger partial charge in [0.15, 0.2) is 0 Å². The van der Waals surface area contributed by atoms with Crippen LogP contribution in [-0.2, 0) is 4.79 Å². The third kappa shape index (κ3) is 3.55. The van der Waals surface area contributed by atoms with Crippen molar-refractivity contribution in [3.05, 3.63) is 0 Å². The fourth-order valence-electron chi connectivity index (χ4n) is 4.28. The Kier molecular flexibility index (Phi) is 4.48. The zero-order valence-corrected chi connectivity index (χ0v) is 16.8. The summed E-state index contributed by atoms with van der Waals surface area (Å²) >= 11 is 0. The minimum absolute atomic E-state index is 0.0436. The van der Waals surface area contributed by atoms with E-state index in [-0.39, 0.29) is 28.9 Å². The molecule has 1 heterocycles. The van der Waals surface area contributed by atoms with Crippen LogP contribution in [0.3, 0.4) is 0 Å². The predicted octanol–water partition coefficient (Wildman–Crippen LogP) is 3.00. The largest absolute Gasteiger partial charge is 0.338 e. The van der Waals surface area contributed by atoms with Gasteiger partial charge in [-0.05, 0) is 50.4 Å². The van der Waals surface area contributed by atoms with Crippen molar-refractivity contribution in [1.29, 1.82) is 0 Å². The first-order valence-corrected chi connectivity index (χ1v) is 9.05. The van der Waals surface area contributed by atoms with E-state index < -0.39 is 6.04 Å². The van der Waals surface area contributed by atoms with Gasteiger partial charge in [-0.1, -0.05) is 34.6 Å². The van der Waals surface area contributed by atoms with E-state index in [1.54, 1.807) is 0 Å². The number of carbonyl (C=O) groups is 2. The summed E-state index contributed by atoms with van der Waals surface area (Å²) < 4.78 is 0. The molecule has 1 saturated carbocycles. The molecule has 1 aliphatic carbocycles. The molecule has 138 valence electrons. The summed E-state index contributed by atoms with van der Waals surface area (Å²) in [5.41, 5.74) is -0.319. The topological polar surface area (TPSA) is 61.4 Å². The van der Waals surface area contributed by atoms with Crippen LogP contribution in [0.4, 0.5) is 4.79 Å². The summed E-state index contributed by atoms with van der Waals surface area (Å²) in [6, 6.07) is -0.564. The van der Waals surface area contributed by atoms with E-state index in [0.29, 0.717) is 17.3 Å². The van der Waals surface area contributed by atoms with Crippen LogP contribution in [0, 0.1) is 22.7 Å². The number of hydrogen-bond acceptors (Lipinski definition) is 2. The van der Waals surface area contributed by atoms with Crippen molar-refractivity contribution >= 4 is 11.9 Å². The Balaban J connectivity index is 2.09. The molecule has 5 heteroatoms. The maximum Gasteiger partial charge on any atom is 0.315 e. The second kappa shape index (κ2) is 5.63. The summed E-state index contributed by atoms with van der Waals surface area (Å²) in [6.45, 7) is 19.3. The number of hydrogen-bond donors (Lipinski definition) is 2. The number of nitrogens with zero attached hydrogens (tertiary/aromatic N) is 1. The molecule has 2 rings (SSSR count). The Morgan fingerprint density at radius 2 is 1.67 bits per heavy atom. The van der Waals surface area contributed by atoms with Crippen LogP contribution in [-0.4, -0.2) is 41.0 Å². The zero-order valence-electron chi connectivity index (χ0n) is 16.8. The number of likely N-dealkylation sites (tertiary alicyclic amines) is 1. The average Bonchev–Trinajstić information content (AvgIpc) is 2.71. The van der Waals surface area contributed by atoms with E-state index >= 15 is 0 Å². The zero-order chi connectivity index (χ0) is 18.7. The van der Waals surface area contributed by atoms with Crippen molar-refractivity contribution in [3.8, 4) is 0 Å². The Labute approximate surface area is 146 Å². The Hall–Kier alpha value is -1.26. The van der Waals surface area contributed by atoms with Crippen LogP contribution in [0.5, 0.6) is 0 Å². The van der Waals surface area contributed by atoms with Crippen molar-refractivity contribution in [3.63, 3.8) is 0 Å². The predicted molar refractivity (Wildman–Crippen MR) is 96.6 cm³/mol. The Morgan fingerprint density at radius 3 is 2.04 bits per heavy atom.